The lowest BCUT2D eigenvalue weighted by Crippen LogP contribution is -2.43. The summed E-state index contributed by atoms with van der Waals surface area (Å²) in [6.07, 6.45) is 3.70. The summed E-state index contributed by atoms with van der Waals surface area (Å²) in [7, 11) is 0. The van der Waals surface area contributed by atoms with Gasteiger partial charge < -0.3 is 10.2 Å². The van der Waals surface area contributed by atoms with Gasteiger partial charge in [0, 0.05) is 30.8 Å². The van der Waals surface area contributed by atoms with Crippen molar-refractivity contribution in [2.45, 2.75) is 50.4 Å². The maximum Gasteiger partial charge on any atom is 0.222 e. The Morgan fingerprint density at radius 1 is 1.24 bits per heavy atom. The van der Waals surface area contributed by atoms with E-state index in [2.05, 4.69) is 67.3 Å². The summed E-state index contributed by atoms with van der Waals surface area (Å²) in [5.74, 6) is 0.254. The van der Waals surface area contributed by atoms with Crippen LogP contribution in [0.2, 0.25) is 0 Å². The van der Waals surface area contributed by atoms with Crippen molar-refractivity contribution >= 4 is 29.3 Å². The van der Waals surface area contributed by atoms with E-state index in [1.54, 1.807) is 0 Å². The number of fused-ring (bicyclic) bond motifs is 1. The molecule has 0 unspecified atom stereocenters. The molecule has 1 amide bonds. The normalized spacial score (nSPS) is 20.1. The Morgan fingerprint density at radius 2 is 2.04 bits per heavy atom. The highest BCUT2D eigenvalue weighted by Gasteiger charge is 2.27. The largest absolute Gasteiger partial charge is 0.337 e. The van der Waals surface area contributed by atoms with E-state index in [1.165, 1.54) is 16.3 Å². The molecule has 3 rings (SSSR count). The molecule has 2 aromatic carbocycles. The lowest BCUT2D eigenvalue weighted by atomic mass is 10.0. The molecule has 1 N–H and O–H groups in total. The highest BCUT2D eigenvalue weighted by Crippen LogP contribution is 2.22. The molecule has 1 fully saturated rings. The molecule has 2 aromatic rings. The fourth-order valence-corrected chi connectivity index (χ4v) is 3.88. The van der Waals surface area contributed by atoms with Gasteiger partial charge in [-0.05, 0) is 35.7 Å². The molecule has 25 heavy (non-hydrogen) atoms. The first-order chi connectivity index (χ1) is 12.2. The van der Waals surface area contributed by atoms with E-state index in [0.29, 0.717) is 18.2 Å². The van der Waals surface area contributed by atoms with Gasteiger partial charge in [0.15, 0.2) is 0 Å². The van der Waals surface area contributed by atoms with Crippen LogP contribution in [0.5, 0.6) is 0 Å². The fourth-order valence-electron chi connectivity index (χ4n) is 3.55. The lowest BCUT2D eigenvalue weighted by molar-refractivity contribution is -0.132. The van der Waals surface area contributed by atoms with E-state index < -0.39 is 0 Å². The minimum Gasteiger partial charge on any atom is -0.337 e. The molecule has 0 spiro atoms. The zero-order chi connectivity index (χ0) is 17.6. The third-order valence-electron chi connectivity index (χ3n) is 5.07. The molecule has 0 bridgehead atoms. The van der Waals surface area contributed by atoms with Crippen LogP contribution in [0.25, 0.3) is 10.8 Å². The average molecular weight is 357 g/mol. The average Bonchev–Trinajstić information content (AvgIpc) is 3.04. The molecule has 134 valence electrons. The highest BCUT2D eigenvalue weighted by atomic mass is 32.1. The van der Waals surface area contributed by atoms with Crippen LogP contribution in [0, 0.1) is 0 Å². The van der Waals surface area contributed by atoms with Gasteiger partial charge >= 0.3 is 0 Å². The van der Waals surface area contributed by atoms with Gasteiger partial charge in [0.2, 0.25) is 5.91 Å². The van der Waals surface area contributed by atoms with Gasteiger partial charge in [-0.3, -0.25) is 4.79 Å². The van der Waals surface area contributed by atoms with Gasteiger partial charge in [0.1, 0.15) is 0 Å². The van der Waals surface area contributed by atoms with Crippen LogP contribution in [-0.2, 0) is 11.3 Å². The van der Waals surface area contributed by atoms with E-state index in [1.807, 2.05) is 4.90 Å². The van der Waals surface area contributed by atoms with Crippen LogP contribution in [0.4, 0.5) is 0 Å². The van der Waals surface area contributed by atoms with Crippen molar-refractivity contribution < 1.29 is 4.79 Å². The van der Waals surface area contributed by atoms with E-state index in [4.69, 9.17) is 0 Å². The Kier molecular flexibility index (Phi) is 6.38. The molecule has 2 atom stereocenters. The number of carbonyl (C=O) groups excluding carboxylic acids is 1. The van der Waals surface area contributed by atoms with Crippen LogP contribution >= 0.6 is 12.6 Å². The first-order valence-corrected chi connectivity index (χ1v) is 9.86. The molecular weight excluding hydrogens is 328 g/mol. The van der Waals surface area contributed by atoms with Crippen molar-refractivity contribution in [3.63, 3.8) is 0 Å². The Balaban J connectivity index is 1.81. The number of benzene rings is 2. The molecule has 1 heterocycles. The van der Waals surface area contributed by atoms with Gasteiger partial charge in [0.25, 0.3) is 0 Å². The Labute approximate surface area is 156 Å². The standard InChI is InChI=1S/C21H28N2OS/c1-2-3-11-21(24)23(15-19-20(25)12-13-22-19)14-17-9-6-8-16-7-4-5-10-18(16)17/h4-10,19-20,22,25H,2-3,11-15H2,1H3/t19-,20-/m1/s1. The van der Waals surface area contributed by atoms with Crippen LogP contribution in [-0.4, -0.2) is 35.2 Å². The van der Waals surface area contributed by atoms with Crippen molar-refractivity contribution in [2.24, 2.45) is 0 Å². The third kappa shape index (κ3) is 4.56. The molecule has 3 nitrogen and oxygen atoms in total. The van der Waals surface area contributed by atoms with Crippen molar-refractivity contribution in [3.8, 4) is 0 Å². The van der Waals surface area contributed by atoms with Gasteiger partial charge in [-0.25, -0.2) is 0 Å². The van der Waals surface area contributed by atoms with Crippen molar-refractivity contribution in [1.82, 2.24) is 10.2 Å². The Morgan fingerprint density at radius 3 is 2.80 bits per heavy atom. The summed E-state index contributed by atoms with van der Waals surface area (Å²) in [4.78, 5) is 14.8. The van der Waals surface area contributed by atoms with Crippen LogP contribution in [0.1, 0.15) is 38.2 Å². The summed E-state index contributed by atoms with van der Waals surface area (Å²) < 4.78 is 0. The topological polar surface area (TPSA) is 32.3 Å². The maximum absolute atomic E-state index is 12.8. The molecule has 0 saturated carbocycles. The lowest BCUT2D eigenvalue weighted by Gasteiger charge is -2.28. The fraction of sp³-hybridized carbons (Fsp3) is 0.476. The molecule has 0 aliphatic carbocycles. The molecule has 1 aliphatic rings. The monoisotopic (exact) mass is 356 g/mol. The minimum absolute atomic E-state index is 0.254. The second-order valence-corrected chi connectivity index (χ2v) is 7.60. The van der Waals surface area contributed by atoms with Crippen molar-refractivity contribution in [2.75, 3.05) is 13.1 Å². The Hall–Kier alpha value is -1.52. The number of thiol groups is 1. The first kappa shape index (κ1) is 18.3. The minimum atomic E-state index is 0.254. The quantitative estimate of drug-likeness (QED) is 0.735. The predicted molar refractivity (Wildman–Crippen MR) is 108 cm³/mol. The van der Waals surface area contributed by atoms with E-state index >= 15 is 0 Å². The molecular formula is C21H28N2OS. The summed E-state index contributed by atoms with van der Waals surface area (Å²) in [5.41, 5.74) is 1.22. The summed E-state index contributed by atoms with van der Waals surface area (Å²) in [5, 5.41) is 6.29. The number of nitrogens with zero attached hydrogens (tertiary/aromatic N) is 1. The van der Waals surface area contributed by atoms with Crippen molar-refractivity contribution in [1.29, 1.82) is 0 Å². The van der Waals surface area contributed by atoms with Gasteiger partial charge in [-0.1, -0.05) is 55.8 Å². The molecule has 0 aromatic heterocycles. The zero-order valence-corrected chi connectivity index (χ0v) is 15.8. The first-order valence-electron chi connectivity index (χ1n) is 9.35. The number of hydrogen-bond acceptors (Lipinski definition) is 3. The van der Waals surface area contributed by atoms with Crippen LogP contribution < -0.4 is 5.32 Å². The molecule has 4 heteroatoms. The SMILES string of the molecule is CCCCC(=O)N(Cc1cccc2ccccc12)C[C@H]1NCC[C@H]1S. The smallest absolute Gasteiger partial charge is 0.222 e. The molecule has 1 aliphatic heterocycles. The van der Waals surface area contributed by atoms with Crippen LogP contribution in [0.15, 0.2) is 42.5 Å². The Bertz CT molecular complexity index is 713. The summed E-state index contributed by atoms with van der Waals surface area (Å²) >= 11 is 4.69. The summed E-state index contributed by atoms with van der Waals surface area (Å²) in [6, 6.07) is 15.0. The number of amides is 1. The number of hydrogen-bond donors (Lipinski definition) is 2. The van der Waals surface area contributed by atoms with Gasteiger partial charge in [0.05, 0.1) is 0 Å². The number of carbonyl (C=O) groups is 1. The molecule has 0 radical (unpaired) electrons. The maximum atomic E-state index is 12.8. The predicted octanol–water partition coefficient (Wildman–Crippen LogP) is 4.02. The van der Waals surface area contributed by atoms with Crippen molar-refractivity contribution in [3.05, 3.63) is 48.0 Å². The number of nitrogens with one attached hydrogen (secondary N) is 1. The zero-order valence-electron chi connectivity index (χ0n) is 14.9. The molecule has 1 saturated heterocycles. The van der Waals surface area contributed by atoms with Crippen LogP contribution in [0.3, 0.4) is 0 Å². The van der Waals surface area contributed by atoms with Gasteiger partial charge in [-0.2, -0.15) is 12.6 Å². The third-order valence-corrected chi connectivity index (χ3v) is 5.68. The van der Waals surface area contributed by atoms with E-state index in [9.17, 15) is 4.79 Å². The number of rotatable bonds is 7. The summed E-state index contributed by atoms with van der Waals surface area (Å²) in [6.45, 7) is 4.53. The van der Waals surface area contributed by atoms with E-state index in [-0.39, 0.29) is 11.9 Å². The van der Waals surface area contributed by atoms with E-state index in [0.717, 1.165) is 32.4 Å². The second-order valence-electron chi connectivity index (χ2n) is 6.93. The highest BCUT2D eigenvalue weighted by molar-refractivity contribution is 7.81. The van der Waals surface area contributed by atoms with Gasteiger partial charge in [-0.15, -0.1) is 0 Å². The second kappa shape index (κ2) is 8.72. The number of unbranched alkanes of at least 4 members (excludes halogenated alkanes) is 1.